The summed E-state index contributed by atoms with van der Waals surface area (Å²) >= 11 is 0. The summed E-state index contributed by atoms with van der Waals surface area (Å²) in [6.45, 7) is 4.65. The maximum atomic E-state index is 5.91. The highest BCUT2D eigenvalue weighted by atomic mass is 16.5. The van der Waals surface area contributed by atoms with Crippen LogP contribution >= 0.6 is 0 Å². The molecule has 0 saturated heterocycles. The van der Waals surface area contributed by atoms with Crippen LogP contribution in [0.4, 0.5) is 0 Å². The van der Waals surface area contributed by atoms with E-state index in [1.807, 2.05) is 0 Å². The summed E-state index contributed by atoms with van der Waals surface area (Å²) in [6.07, 6.45) is 3.67. The topological polar surface area (TPSA) is 18.5 Å². The van der Waals surface area contributed by atoms with Gasteiger partial charge in [0.1, 0.15) is 0 Å². The quantitative estimate of drug-likeness (QED) is 0.759. The molecule has 3 rings (SSSR count). The standard InChI is InChI=1S/C14H18O2/c1-2-3-13-14-10(6-7-16-13)4-5-11-8-15-9-12(11)14/h4-5,13H,2-3,6-9H2,1H3. The summed E-state index contributed by atoms with van der Waals surface area (Å²) in [5.74, 6) is 0. The van der Waals surface area contributed by atoms with Gasteiger partial charge in [0.15, 0.2) is 0 Å². The lowest BCUT2D eigenvalue weighted by atomic mass is 9.89. The summed E-state index contributed by atoms with van der Waals surface area (Å²) in [7, 11) is 0. The Bertz CT molecular complexity index is 398. The second-order valence-corrected chi connectivity index (χ2v) is 4.67. The molecule has 2 aliphatic rings. The van der Waals surface area contributed by atoms with Crippen LogP contribution in [0.15, 0.2) is 12.1 Å². The molecular weight excluding hydrogens is 200 g/mol. The lowest BCUT2D eigenvalue weighted by molar-refractivity contribution is 0.0344. The molecule has 2 aliphatic heterocycles. The van der Waals surface area contributed by atoms with E-state index in [1.54, 1.807) is 0 Å². The largest absolute Gasteiger partial charge is 0.373 e. The molecule has 1 aromatic carbocycles. The molecule has 86 valence electrons. The summed E-state index contributed by atoms with van der Waals surface area (Å²) in [5.41, 5.74) is 5.71. The van der Waals surface area contributed by atoms with Gasteiger partial charge >= 0.3 is 0 Å². The van der Waals surface area contributed by atoms with Crippen LogP contribution in [0.25, 0.3) is 0 Å². The first-order valence-electron chi connectivity index (χ1n) is 6.23. The molecule has 0 aliphatic carbocycles. The molecule has 0 fully saturated rings. The van der Waals surface area contributed by atoms with Crippen LogP contribution in [0.3, 0.4) is 0 Å². The van der Waals surface area contributed by atoms with E-state index in [-0.39, 0.29) is 0 Å². The molecule has 0 spiro atoms. The molecule has 0 amide bonds. The Balaban J connectivity index is 2.06. The first-order chi connectivity index (χ1) is 7.90. The summed E-state index contributed by atoms with van der Waals surface area (Å²) in [6, 6.07) is 4.50. The van der Waals surface area contributed by atoms with Crippen molar-refractivity contribution < 1.29 is 9.47 Å². The zero-order valence-electron chi connectivity index (χ0n) is 9.79. The van der Waals surface area contributed by atoms with Crippen molar-refractivity contribution in [1.82, 2.24) is 0 Å². The van der Waals surface area contributed by atoms with Gasteiger partial charge in [-0.1, -0.05) is 25.5 Å². The minimum Gasteiger partial charge on any atom is -0.373 e. The predicted octanol–water partition coefficient (Wildman–Crippen LogP) is 3.13. The number of hydrogen-bond donors (Lipinski definition) is 0. The van der Waals surface area contributed by atoms with Crippen LogP contribution in [0.2, 0.25) is 0 Å². The van der Waals surface area contributed by atoms with E-state index in [0.717, 1.165) is 32.7 Å². The fourth-order valence-corrected chi connectivity index (χ4v) is 2.83. The van der Waals surface area contributed by atoms with Gasteiger partial charge in [0, 0.05) is 0 Å². The third-order valence-electron chi connectivity index (χ3n) is 3.61. The van der Waals surface area contributed by atoms with Crippen molar-refractivity contribution in [3.8, 4) is 0 Å². The first kappa shape index (κ1) is 10.3. The minimum atomic E-state index is 0.311. The van der Waals surface area contributed by atoms with Crippen molar-refractivity contribution in [1.29, 1.82) is 0 Å². The number of ether oxygens (including phenoxy) is 2. The number of hydrogen-bond acceptors (Lipinski definition) is 2. The summed E-state index contributed by atoms with van der Waals surface area (Å²) in [5, 5.41) is 0. The molecule has 16 heavy (non-hydrogen) atoms. The Hall–Kier alpha value is -0.860. The van der Waals surface area contributed by atoms with Crippen LogP contribution in [0.1, 0.15) is 48.1 Å². The normalized spacial score (nSPS) is 22.9. The number of fused-ring (bicyclic) bond motifs is 3. The van der Waals surface area contributed by atoms with E-state index < -0.39 is 0 Å². The molecule has 2 heterocycles. The maximum absolute atomic E-state index is 5.91. The van der Waals surface area contributed by atoms with E-state index in [9.17, 15) is 0 Å². The van der Waals surface area contributed by atoms with Crippen LogP contribution in [0.5, 0.6) is 0 Å². The summed E-state index contributed by atoms with van der Waals surface area (Å²) in [4.78, 5) is 0. The lowest BCUT2D eigenvalue weighted by Crippen LogP contribution is -2.18. The molecule has 2 heteroatoms. The van der Waals surface area contributed by atoms with Gasteiger partial charge in [-0.2, -0.15) is 0 Å². The van der Waals surface area contributed by atoms with Crippen molar-refractivity contribution in [2.24, 2.45) is 0 Å². The molecule has 0 saturated carbocycles. The van der Waals surface area contributed by atoms with Crippen molar-refractivity contribution in [3.63, 3.8) is 0 Å². The van der Waals surface area contributed by atoms with Gasteiger partial charge in [-0.05, 0) is 35.1 Å². The first-order valence-corrected chi connectivity index (χ1v) is 6.23. The highest BCUT2D eigenvalue weighted by molar-refractivity contribution is 5.44. The van der Waals surface area contributed by atoms with Gasteiger partial charge in [0.25, 0.3) is 0 Å². The van der Waals surface area contributed by atoms with Gasteiger partial charge in [-0.3, -0.25) is 0 Å². The molecular formula is C14H18O2. The van der Waals surface area contributed by atoms with Gasteiger partial charge in [-0.25, -0.2) is 0 Å². The third kappa shape index (κ3) is 1.57. The van der Waals surface area contributed by atoms with Gasteiger partial charge in [0.05, 0.1) is 25.9 Å². The van der Waals surface area contributed by atoms with E-state index in [4.69, 9.17) is 9.47 Å². The van der Waals surface area contributed by atoms with Crippen molar-refractivity contribution in [2.45, 2.75) is 45.5 Å². The van der Waals surface area contributed by atoms with Crippen molar-refractivity contribution >= 4 is 0 Å². The Morgan fingerprint density at radius 1 is 1.25 bits per heavy atom. The average Bonchev–Trinajstić information content (AvgIpc) is 2.77. The molecule has 0 N–H and O–H groups in total. The molecule has 0 radical (unpaired) electrons. The highest BCUT2D eigenvalue weighted by Crippen LogP contribution is 2.37. The monoisotopic (exact) mass is 218 g/mol. The van der Waals surface area contributed by atoms with Crippen LogP contribution < -0.4 is 0 Å². The maximum Gasteiger partial charge on any atom is 0.0831 e. The van der Waals surface area contributed by atoms with E-state index in [0.29, 0.717) is 6.10 Å². The number of rotatable bonds is 2. The average molecular weight is 218 g/mol. The van der Waals surface area contributed by atoms with Crippen LogP contribution in [-0.2, 0) is 29.1 Å². The fourth-order valence-electron chi connectivity index (χ4n) is 2.83. The second-order valence-electron chi connectivity index (χ2n) is 4.67. The Kier molecular flexibility index (Phi) is 2.70. The molecule has 2 nitrogen and oxygen atoms in total. The Morgan fingerprint density at radius 3 is 3.00 bits per heavy atom. The van der Waals surface area contributed by atoms with Crippen LogP contribution in [0, 0.1) is 0 Å². The van der Waals surface area contributed by atoms with Crippen molar-refractivity contribution in [3.05, 3.63) is 34.4 Å². The molecule has 0 aromatic heterocycles. The van der Waals surface area contributed by atoms with Gasteiger partial charge in [0.2, 0.25) is 0 Å². The zero-order valence-corrected chi connectivity index (χ0v) is 9.79. The SMILES string of the molecule is CCCC1OCCc2ccc3c(c21)COC3. The smallest absolute Gasteiger partial charge is 0.0831 e. The second kappa shape index (κ2) is 4.19. The number of benzene rings is 1. The zero-order chi connectivity index (χ0) is 11.0. The minimum absolute atomic E-state index is 0.311. The third-order valence-corrected chi connectivity index (χ3v) is 3.61. The highest BCUT2D eigenvalue weighted by Gasteiger charge is 2.27. The molecule has 1 unspecified atom stereocenters. The van der Waals surface area contributed by atoms with Crippen LogP contribution in [-0.4, -0.2) is 6.61 Å². The molecule has 1 atom stereocenters. The Morgan fingerprint density at radius 2 is 2.12 bits per heavy atom. The fraction of sp³-hybridized carbons (Fsp3) is 0.571. The van der Waals surface area contributed by atoms with Gasteiger partial charge < -0.3 is 9.47 Å². The molecule has 0 bridgehead atoms. The van der Waals surface area contributed by atoms with E-state index >= 15 is 0 Å². The lowest BCUT2D eigenvalue weighted by Gasteiger charge is -2.28. The molecule has 1 aromatic rings. The van der Waals surface area contributed by atoms with E-state index in [2.05, 4.69) is 19.1 Å². The summed E-state index contributed by atoms with van der Waals surface area (Å²) < 4.78 is 11.5. The van der Waals surface area contributed by atoms with Crippen molar-refractivity contribution in [2.75, 3.05) is 6.61 Å². The van der Waals surface area contributed by atoms with E-state index in [1.165, 1.54) is 28.7 Å². The van der Waals surface area contributed by atoms with Gasteiger partial charge in [-0.15, -0.1) is 0 Å². The predicted molar refractivity (Wildman–Crippen MR) is 62.2 cm³/mol. The Labute approximate surface area is 96.6 Å².